The molecule has 0 spiro atoms. The average molecular weight is 387 g/mol. The summed E-state index contributed by atoms with van der Waals surface area (Å²) >= 11 is 0. The Labute approximate surface area is 178 Å². The van der Waals surface area contributed by atoms with E-state index < -0.39 is 0 Å². The fourth-order valence-corrected chi connectivity index (χ4v) is 3.72. The van der Waals surface area contributed by atoms with Gasteiger partial charge >= 0.3 is 0 Å². The molecule has 0 amide bonds. The van der Waals surface area contributed by atoms with Gasteiger partial charge in [-0.2, -0.15) is 0 Å². The van der Waals surface area contributed by atoms with E-state index in [0.717, 1.165) is 6.42 Å². The van der Waals surface area contributed by atoms with E-state index >= 15 is 0 Å². The lowest BCUT2D eigenvalue weighted by Crippen LogP contribution is -1.84. The van der Waals surface area contributed by atoms with Crippen molar-refractivity contribution in [2.45, 2.75) is 61.8 Å². The topological polar surface area (TPSA) is 0 Å². The molecule has 1 aliphatic rings. The number of hydrogen-bond donors (Lipinski definition) is 0. The van der Waals surface area contributed by atoms with Crippen LogP contribution in [-0.4, -0.2) is 0 Å². The summed E-state index contributed by atoms with van der Waals surface area (Å²) in [6, 6.07) is 26.6. The van der Waals surface area contributed by atoms with E-state index in [1.165, 1.54) is 43.8 Å². The fourth-order valence-electron chi connectivity index (χ4n) is 3.72. The molecule has 4 aromatic carbocycles. The molecule has 5 rings (SSSR count). The molecule has 0 N–H and O–H groups in total. The SMILES string of the molecule is CC.CC.CC.CC.c1ccc2c(c1)Cc1ccc3ccc4ccccc4c3c1-2. The van der Waals surface area contributed by atoms with Crippen molar-refractivity contribution in [3.8, 4) is 11.1 Å². The van der Waals surface area contributed by atoms with Crippen molar-refractivity contribution in [2.24, 2.45) is 0 Å². The lowest BCUT2D eigenvalue weighted by Gasteiger charge is -2.10. The zero-order valence-corrected chi connectivity index (χ0v) is 19.6. The lowest BCUT2D eigenvalue weighted by molar-refractivity contribution is 1.27. The average Bonchev–Trinajstić information content (AvgIpc) is 3.23. The van der Waals surface area contributed by atoms with Crippen LogP contribution in [0, 0.1) is 0 Å². The number of fused-ring (bicyclic) bond motifs is 7. The van der Waals surface area contributed by atoms with Crippen LogP contribution >= 0.6 is 0 Å². The van der Waals surface area contributed by atoms with Gasteiger partial charge in [0.1, 0.15) is 0 Å². The van der Waals surface area contributed by atoms with E-state index in [9.17, 15) is 0 Å². The standard InChI is InChI=1S/C21H14.4C2H6/c1-3-7-18-14(5-1)9-10-15-11-12-17-13-16-6-2-4-8-19(16)21(17)20(15)18;4*1-2/h1-12H,13H2;4*1-2H3. The van der Waals surface area contributed by atoms with Crippen LogP contribution in [0.25, 0.3) is 32.7 Å². The fraction of sp³-hybridized carbons (Fsp3) is 0.310. The van der Waals surface area contributed by atoms with E-state index in [4.69, 9.17) is 0 Å². The minimum atomic E-state index is 1.06. The first-order valence-corrected chi connectivity index (χ1v) is 11.4. The van der Waals surface area contributed by atoms with E-state index in [1.54, 1.807) is 0 Å². The Kier molecular flexibility index (Phi) is 10.8. The third-order valence-electron chi connectivity index (χ3n) is 4.66. The predicted octanol–water partition coefficient (Wildman–Crippen LogP) is 9.67. The highest BCUT2D eigenvalue weighted by molar-refractivity contribution is 6.16. The molecule has 0 fully saturated rings. The van der Waals surface area contributed by atoms with E-state index in [-0.39, 0.29) is 0 Å². The first-order chi connectivity index (χ1) is 14.4. The minimum absolute atomic E-state index is 1.06. The number of hydrogen-bond acceptors (Lipinski definition) is 0. The second-order valence-corrected chi connectivity index (χ2v) is 5.82. The Balaban J connectivity index is 0.000000475. The van der Waals surface area contributed by atoms with Crippen molar-refractivity contribution in [1.82, 2.24) is 0 Å². The molecule has 4 aromatic rings. The van der Waals surface area contributed by atoms with Crippen LogP contribution in [0.2, 0.25) is 0 Å². The van der Waals surface area contributed by atoms with Crippen molar-refractivity contribution >= 4 is 21.5 Å². The summed E-state index contributed by atoms with van der Waals surface area (Å²) in [6.45, 7) is 16.0. The minimum Gasteiger partial charge on any atom is -0.0683 e. The van der Waals surface area contributed by atoms with Gasteiger partial charge in [0.15, 0.2) is 0 Å². The van der Waals surface area contributed by atoms with Crippen LogP contribution in [0.5, 0.6) is 0 Å². The van der Waals surface area contributed by atoms with Gasteiger partial charge in [-0.05, 0) is 50.2 Å². The van der Waals surface area contributed by atoms with Gasteiger partial charge in [-0.15, -0.1) is 0 Å². The van der Waals surface area contributed by atoms with Crippen molar-refractivity contribution in [1.29, 1.82) is 0 Å². The molecule has 0 heterocycles. The maximum Gasteiger partial charge on any atom is -0.00132 e. The Morgan fingerprint density at radius 2 is 1.03 bits per heavy atom. The molecule has 29 heavy (non-hydrogen) atoms. The second kappa shape index (κ2) is 12.8. The quantitative estimate of drug-likeness (QED) is 0.232. The first kappa shape index (κ1) is 24.4. The molecule has 154 valence electrons. The highest BCUT2D eigenvalue weighted by Gasteiger charge is 2.20. The summed E-state index contributed by atoms with van der Waals surface area (Å²) < 4.78 is 0. The zero-order valence-electron chi connectivity index (χ0n) is 19.6. The molecule has 0 atom stereocenters. The normalized spacial score (nSPS) is 9.93. The summed E-state index contributed by atoms with van der Waals surface area (Å²) in [6.07, 6.45) is 1.06. The molecule has 0 heteroatoms. The van der Waals surface area contributed by atoms with Crippen molar-refractivity contribution < 1.29 is 0 Å². The molecule has 0 aliphatic heterocycles. The number of rotatable bonds is 0. The van der Waals surface area contributed by atoms with Crippen LogP contribution in [0.15, 0.2) is 72.8 Å². The van der Waals surface area contributed by atoms with Crippen LogP contribution in [-0.2, 0) is 6.42 Å². The Bertz CT molecular complexity index is 1010. The molecule has 0 saturated heterocycles. The van der Waals surface area contributed by atoms with Crippen LogP contribution in [0.3, 0.4) is 0 Å². The first-order valence-electron chi connectivity index (χ1n) is 11.4. The van der Waals surface area contributed by atoms with Crippen LogP contribution in [0.1, 0.15) is 66.5 Å². The van der Waals surface area contributed by atoms with Crippen molar-refractivity contribution in [3.05, 3.63) is 83.9 Å². The second-order valence-electron chi connectivity index (χ2n) is 5.82. The summed E-state index contributed by atoms with van der Waals surface area (Å²) in [7, 11) is 0. The zero-order chi connectivity index (χ0) is 21.8. The maximum atomic E-state index is 2.30. The molecule has 0 bridgehead atoms. The molecule has 0 nitrogen and oxygen atoms in total. The Morgan fingerprint density at radius 1 is 0.483 bits per heavy atom. The van der Waals surface area contributed by atoms with Crippen molar-refractivity contribution in [2.75, 3.05) is 0 Å². The van der Waals surface area contributed by atoms with Crippen LogP contribution in [0.4, 0.5) is 0 Å². The van der Waals surface area contributed by atoms with Gasteiger partial charge < -0.3 is 0 Å². The molecule has 0 saturated carbocycles. The summed E-state index contributed by atoms with van der Waals surface area (Å²) in [4.78, 5) is 0. The van der Waals surface area contributed by atoms with Gasteiger partial charge in [0.2, 0.25) is 0 Å². The third kappa shape index (κ3) is 4.88. The largest absolute Gasteiger partial charge is 0.0683 e. The van der Waals surface area contributed by atoms with Gasteiger partial charge in [0.05, 0.1) is 0 Å². The van der Waals surface area contributed by atoms with E-state index in [1.807, 2.05) is 55.4 Å². The predicted molar refractivity (Wildman–Crippen MR) is 135 cm³/mol. The Morgan fingerprint density at radius 3 is 1.76 bits per heavy atom. The number of benzene rings is 4. The van der Waals surface area contributed by atoms with Gasteiger partial charge in [-0.3, -0.25) is 0 Å². The van der Waals surface area contributed by atoms with Gasteiger partial charge in [-0.25, -0.2) is 0 Å². The molecule has 0 radical (unpaired) electrons. The van der Waals surface area contributed by atoms with Gasteiger partial charge in [-0.1, -0.05) is 128 Å². The lowest BCUT2D eigenvalue weighted by atomic mass is 9.93. The van der Waals surface area contributed by atoms with Crippen molar-refractivity contribution in [3.63, 3.8) is 0 Å². The van der Waals surface area contributed by atoms with Gasteiger partial charge in [0.25, 0.3) is 0 Å². The Hall–Kier alpha value is -2.60. The van der Waals surface area contributed by atoms with E-state index in [0.29, 0.717) is 0 Å². The summed E-state index contributed by atoms with van der Waals surface area (Å²) in [5.74, 6) is 0. The molecule has 1 aliphatic carbocycles. The van der Waals surface area contributed by atoms with E-state index in [2.05, 4.69) is 72.8 Å². The summed E-state index contributed by atoms with van der Waals surface area (Å²) in [5.41, 5.74) is 5.77. The van der Waals surface area contributed by atoms with Crippen LogP contribution < -0.4 is 0 Å². The third-order valence-corrected chi connectivity index (χ3v) is 4.66. The monoisotopic (exact) mass is 386 g/mol. The highest BCUT2D eigenvalue weighted by atomic mass is 14.2. The van der Waals surface area contributed by atoms with Gasteiger partial charge in [0, 0.05) is 0 Å². The maximum absolute atomic E-state index is 2.30. The molecular formula is C29H38. The molecule has 0 aromatic heterocycles. The molecule has 0 unspecified atom stereocenters. The highest BCUT2D eigenvalue weighted by Crippen LogP contribution is 2.43. The smallest absolute Gasteiger partial charge is 0.00132 e. The molecular weight excluding hydrogens is 348 g/mol. The summed E-state index contributed by atoms with van der Waals surface area (Å²) in [5, 5.41) is 5.44.